The summed E-state index contributed by atoms with van der Waals surface area (Å²) < 4.78 is 23.6. The summed E-state index contributed by atoms with van der Waals surface area (Å²) in [5.74, 6) is -0.194. The molecule has 13 heteroatoms. The Kier molecular flexibility index (Phi) is 10.6. The fourth-order valence-corrected chi connectivity index (χ4v) is 13.4. The zero-order chi connectivity index (χ0) is 39.4. The van der Waals surface area contributed by atoms with E-state index in [0.717, 1.165) is 51.4 Å². The van der Waals surface area contributed by atoms with Gasteiger partial charge in [-0.2, -0.15) is 0 Å². The normalized spacial score (nSPS) is 54.3. The standard InChI is InChI=1S/C41H66O13/c1-36(2)13-15-41(35(49)50)16-14-39(5)21(22(41)17-36)7-8-26-37(3)11-10-27(38(4,20-43)25(37)9-12-40(26,39)6)54-33-31(47)29(45)24(19-51-33)53-34-32(48)30(46)28(44)23(18-42)52-34/h7,22-34,42-48H,8-20H2,1-6H3,(H,49,50)/t22-,23-,24+,25-,26-,27+,28-,29+,30+,31-,32-,33+,34+,37+,38+,39-,40-,41+/m1/s1. The number of carboxylic acid groups (broad SMARTS) is 1. The molecule has 308 valence electrons. The van der Waals surface area contributed by atoms with E-state index in [2.05, 4.69) is 47.6 Å². The lowest BCUT2D eigenvalue weighted by Gasteiger charge is -2.71. The summed E-state index contributed by atoms with van der Waals surface area (Å²) in [5.41, 5.74) is -0.234. The molecule has 0 bridgehead atoms. The minimum absolute atomic E-state index is 0.0344. The number of hydrogen-bond acceptors (Lipinski definition) is 12. The van der Waals surface area contributed by atoms with Gasteiger partial charge < -0.3 is 59.8 Å². The molecule has 7 aliphatic rings. The SMILES string of the molecule is CC1(C)CC[C@]2(C(=O)O)CC[C@]3(C)C(=CC[C@@H]4[C@@]5(C)CC[C@H](O[C@@H]6OC[C@H](O[C@@H]7O[C@H](CO)[C@@H](O)[C@H](O)[C@H]7O)[C@H](O)[C@H]6O)[C@@](C)(CO)[C@@H]5CC[C@]43C)[C@H]2C1. The van der Waals surface area contributed by atoms with Crippen LogP contribution >= 0.6 is 0 Å². The van der Waals surface area contributed by atoms with Gasteiger partial charge in [0.25, 0.3) is 0 Å². The Bertz CT molecular complexity index is 1450. The molecule has 18 atom stereocenters. The fraction of sp³-hybridized carbons (Fsp3) is 0.927. The van der Waals surface area contributed by atoms with E-state index >= 15 is 0 Å². The smallest absolute Gasteiger partial charge is 0.310 e. The van der Waals surface area contributed by atoms with E-state index < -0.39 is 84.8 Å². The Labute approximate surface area is 319 Å². The number of aliphatic hydroxyl groups is 7. The van der Waals surface area contributed by atoms with E-state index in [0.29, 0.717) is 18.8 Å². The second-order valence-electron chi connectivity index (χ2n) is 20.1. The molecule has 54 heavy (non-hydrogen) atoms. The number of carbonyl (C=O) groups is 1. The molecule has 0 aromatic rings. The first-order chi connectivity index (χ1) is 25.2. The molecule has 8 N–H and O–H groups in total. The monoisotopic (exact) mass is 766 g/mol. The van der Waals surface area contributed by atoms with Crippen molar-refractivity contribution < 1.29 is 64.6 Å². The number of rotatable bonds is 7. The van der Waals surface area contributed by atoms with Gasteiger partial charge in [0.1, 0.15) is 42.7 Å². The van der Waals surface area contributed by atoms with Gasteiger partial charge in [-0.05, 0) is 104 Å². The van der Waals surface area contributed by atoms with Crippen molar-refractivity contribution in [3.8, 4) is 0 Å². The third kappa shape index (κ3) is 5.92. The molecule has 4 saturated carbocycles. The highest BCUT2D eigenvalue weighted by Crippen LogP contribution is 2.76. The van der Waals surface area contributed by atoms with Crippen LogP contribution < -0.4 is 0 Å². The van der Waals surface area contributed by atoms with Crippen LogP contribution in [0.15, 0.2) is 11.6 Å². The van der Waals surface area contributed by atoms with Gasteiger partial charge >= 0.3 is 5.97 Å². The number of allylic oxidation sites excluding steroid dienone is 2. The molecule has 2 heterocycles. The highest BCUT2D eigenvalue weighted by atomic mass is 16.7. The van der Waals surface area contributed by atoms with E-state index in [9.17, 15) is 45.6 Å². The summed E-state index contributed by atoms with van der Waals surface area (Å²) in [7, 11) is 0. The van der Waals surface area contributed by atoms with Crippen molar-refractivity contribution in [1.82, 2.24) is 0 Å². The molecule has 2 aliphatic heterocycles. The van der Waals surface area contributed by atoms with Crippen molar-refractivity contribution in [3.05, 3.63) is 11.6 Å². The van der Waals surface area contributed by atoms with Crippen LogP contribution in [0.25, 0.3) is 0 Å². The Morgan fingerprint density at radius 1 is 0.796 bits per heavy atom. The Morgan fingerprint density at radius 3 is 2.15 bits per heavy atom. The molecule has 0 amide bonds. The Hall–Kier alpha value is -1.23. The van der Waals surface area contributed by atoms with E-state index in [1.807, 2.05) is 0 Å². The van der Waals surface area contributed by atoms with Crippen LogP contribution in [-0.2, 0) is 23.7 Å². The summed E-state index contributed by atoms with van der Waals surface area (Å²) in [6, 6.07) is 0. The number of aliphatic carboxylic acids is 1. The molecule has 0 aromatic heterocycles. The highest BCUT2D eigenvalue weighted by molar-refractivity contribution is 5.76. The third-order valence-electron chi connectivity index (χ3n) is 17.0. The summed E-state index contributed by atoms with van der Waals surface area (Å²) in [6.07, 6.45) is -2.86. The predicted octanol–water partition coefficient (Wildman–Crippen LogP) is 2.49. The van der Waals surface area contributed by atoms with E-state index in [4.69, 9.17) is 18.9 Å². The molecular weight excluding hydrogens is 700 g/mol. The molecule has 5 aliphatic carbocycles. The molecule has 0 aromatic carbocycles. The summed E-state index contributed by atoms with van der Waals surface area (Å²) in [6.45, 7) is 12.9. The molecule has 2 saturated heterocycles. The van der Waals surface area contributed by atoms with Crippen LogP contribution in [0.3, 0.4) is 0 Å². The average Bonchev–Trinajstić information content (AvgIpc) is 3.12. The summed E-state index contributed by atoms with van der Waals surface area (Å²) >= 11 is 0. The molecule has 0 spiro atoms. The number of carboxylic acids is 1. The van der Waals surface area contributed by atoms with Crippen molar-refractivity contribution in [1.29, 1.82) is 0 Å². The van der Waals surface area contributed by atoms with Gasteiger partial charge in [-0.15, -0.1) is 0 Å². The maximum absolute atomic E-state index is 13.0. The molecule has 7 rings (SSSR count). The van der Waals surface area contributed by atoms with Gasteiger partial charge in [0.2, 0.25) is 0 Å². The van der Waals surface area contributed by atoms with Gasteiger partial charge in [-0.25, -0.2) is 0 Å². The maximum atomic E-state index is 13.0. The van der Waals surface area contributed by atoms with Crippen LogP contribution in [0.2, 0.25) is 0 Å². The zero-order valence-corrected chi connectivity index (χ0v) is 32.9. The lowest BCUT2D eigenvalue weighted by Crippen LogP contribution is -2.67. The van der Waals surface area contributed by atoms with Crippen molar-refractivity contribution in [2.24, 2.45) is 50.2 Å². The van der Waals surface area contributed by atoms with Gasteiger partial charge in [-0.1, -0.05) is 53.2 Å². The lowest BCUT2D eigenvalue weighted by atomic mass is 9.33. The van der Waals surface area contributed by atoms with Crippen molar-refractivity contribution in [2.75, 3.05) is 19.8 Å². The summed E-state index contributed by atoms with van der Waals surface area (Å²) in [4.78, 5) is 13.0. The predicted molar refractivity (Wildman–Crippen MR) is 193 cm³/mol. The second kappa shape index (κ2) is 14.0. The third-order valence-corrected chi connectivity index (χ3v) is 17.0. The maximum Gasteiger partial charge on any atom is 0.310 e. The van der Waals surface area contributed by atoms with Crippen LogP contribution in [-0.4, -0.2) is 128 Å². The average molecular weight is 767 g/mol. The minimum atomic E-state index is -1.68. The van der Waals surface area contributed by atoms with Gasteiger partial charge in [-0.3, -0.25) is 4.79 Å². The van der Waals surface area contributed by atoms with Crippen LogP contribution in [0.5, 0.6) is 0 Å². The quantitative estimate of drug-likeness (QED) is 0.138. The number of hydrogen-bond donors (Lipinski definition) is 8. The highest BCUT2D eigenvalue weighted by Gasteiger charge is 2.70. The topological polar surface area (TPSA) is 216 Å². The van der Waals surface area contributed by atoms with Gasteiger partial charge in [0, 0.05) is 5.41 Å². The van der Waals surface area contributed by atoms with Crippen molar-refractivity contribution in [3.63, 3.8) is 0 Å². The van der Waals surface area contributed by atoms with E-state index in [1.54, 1.807) is 0 Å². The minimum Gasteiger partial charge on any atom is -0.481 e. The number of ether oxygens (including phenoxy) is 4. The van der Waals surface area contributed by atoms with Crippen LogP contribution in [0, 0.1) is 50.2 Å². The Balaban J connectivity index is 1.08. The molecule has 6 fully saturated rings. The summed E-state index contributed by atoms with van der Waals surface area (Å²) in [5, 5.41) is 84.5. The largest absolute Gasteiger partial charge is 0.481 e. The van der Waals surface area contributed by atoms with Crippen LogP contribution in [0.4, 0.5) is 0 Å². The zero-order valence-electron chi connectivity index (χ0n) is 32.9. The Morgan fingerprint density at radius 2 is 1.48 bits per heavy atom. The number of aliphatic hydroxyl groups excluding tert-OH is 7. The molecule has 13 nitrogen and oxygen atoms in total. The first-order valence-electron chi connectivity index (χ1n) is 20.4. The van der Waals surface area contributed by atoms with Gasteiger partial charge in [0.15, 0.2) is 12.6 Å². The van der Waals surface area contributed by atoms with Crippen molar-refractivity contribution >= 4 is 5.97 Å². The van der Waals surface area contributed by atoms with E-state index in [-0.39, 0.29) is 46.7 Å². The lowest BCUT2D eigenvalue weighted by molar-refractivity contribution is -0.352. The van der Waals surface area contributed by atoms with Crippen LogP contribution in [0.1, 0.15) is 106 Å². The van der Waals surface area contributed by atoms with Gasteiger partial charge in [0.05, 0.1) is 31.3 Å². The van der Waals surface area contributed by atoms with E-state index in [1.165, 1.54) is 5.57 Å². The molecular formula is C41H66O13. The molecule has 0 unspecified atom stereocenters. The van der Waals surface area contributed by atoms with Crippen molar-refractivity contribution in [2.45, 2.75) is 167 Å². The fourth-order valence-electron chi connectivity index (χ4n) is 13.4. The molecule has 0 radical (unpaired) electrons. The second-order valence-corrected chi connectivity index (χ2v) is 20.1. The first kappa shape index (κ1) is 40.9. The first-order valence-corrected chi connectivity index (χ1v) is 20.4. The number of fused-ring (bicyclic) bond motifs is 7.